The summed E-state index contributed by atoms with van der Waals surface area (Å²) in [6, 6.07) is 1.32. The van der Waals surface area contributed by atoms with Gasteiger partial charge in [0, 0.05) is 162 Å². The Morgan fingerprint density at radius 1 is 0.208 bits per heavy atom. The number of anilines is 9. The highest BCUT2D eigenvalue weighted by Crippen LogP contribution is 2.45. The van der Waals surface area contributed by atoms with E-state index < -0.39 is 0 Å². The minimum Gasteiger partial charge on any atom is -0.354 e. The smallest absolute Gasteiger partial charge is 0.232 e. The van der Waals surface area contributed by atoms with Crippen molar-refractivity contribution in [2.75, 3.05) is 104 Å². The van der Waals surface area contributed by atoms with Gasteiger partial charge in [-0.3, -0.25) is 0 Å². The second-order valence-corrected chi connectivity index (χ2v) is 55.7. The molecule has 3 aromatic rings. The minimum atomic E-state index is -0.103. The standard InChI is InChI=1S/C120H230N24/c1-37-49-58-87(43-7)81-139(94-68-109(13,14)133-110(15,16)69-94)103-124-100(125-104(130-103)140(82-88(44-8)59-50-38-2)95-70-111(17,18)134-112(19,20)71-95)121-66-56-55-64-93(80-123-102-128-107(143(85-91(47-11)62-53-41-5)98-76-117(29,30)137-118(31,32)77-98)132-108(129-102)144(86-92(48-12)63-54-42-6)99-78-119(33,34)138-120(35,36)79-99)65-57-67-122-101-126-105(141(83-89(45-9)60-51-39-3)96-72-113(21,22)135-114(23,24)73-96)131-106(127-101)142(84-90(46-10)61-52-40-4)97-74-115(25,26)136-116(27,28)75-97/h87-99,133-138H,37-86H2,1-36H3,(H,121,124,125,130)(H,122,126,127,131)(H,123,128,129,132). The van der Waals surface area contributed by atoms with Gasteiger partial charge in [0.2, 0.25) is 53.5 Å². The molecule has 24 heteroatoms. The van der Waals surface area contributed by atoms with Crippen molar-refractivity contribution in [3.8, 4) is 0 Å². The van der Waals surface area contributed by atoms with Crippen LogP contribution in [0, 0.1) is 41.4 Å². The fourth-order valence-corrected chi connectivity index (χ4v) is 28.5. The van der Waals surface area contributed by atoms with Crippen LogP contribution in [0.5, 0.6) is 0 Å². The largest absolute Gasteiger partial charge is 0.354 e. The second-order valence-electron chi connectivity index (χ2n) is 55.7. The third kappa shape index (κ3) is 39.0. The summed E-state index contributed by atoms with van der Waals surface area (Å²) in [5, 5.41) is 36.9. The van der Waals surface area contributed by atoms with Crippen molar-refractivity contribution in [3.63, 3.8) is 0 Å². The summed E-state index contributed by atoms with van der Waals surface area (Å²) in [6.07, 6.45) is 44.9. The molecule has 9 rings (SSSR count). The van der Waals surface area contributed by atoms with Gasteiger partial charge in [0.15, 0.2) is 0 Å². The number of piperidine rings is 6. The maximum absolute atomic E-state index is 6.03. The Balaban J connectivity index is 1.20. The Labute approximate surface area is 886 Å². The fraction of sp³-hybridized carbons (Fsp3) is 0.925. The van der Waals surface area contributed by atoms with Gasteiger partial charge in [-0.25, -0.2) is 0 Å². The van der Waals surface area contributed by atoms with Crippen LogP contribution in [0.2, 0.25) is 0 Å². The van der Waals surface area contributed by atoms with Crippen LogP contribution in [0.15, 0.2) is 0 Å². The van der Waals surface area contributed by atoms with Gasteiger partial charge in [0.1, 0.15) is 0 Å². The van der Waals surface area contributed by atoms with E-state index in [4.69, 9.17) is 44.9 Å². The monoisotopic (exact) mass is 2010 g/mol. The summed E-state index contributed by atoms with van der Waals surface area (Å²) < 4.78 is 0. The van der Waals surface area contributed by atoms with Crippen LogP contribution in [0.3, 0.4) is 0 Å². The van der Waals surface area contributed by atoms with Crippen molar-refractivity contribution < 1.29 is 0 Å². The maximum atomic E-state index is 6.03. The Kier molecular flexibility index (Phi) is 45.9. The zero-order valence-electron chi connectivity index (χ0n) is 101. The van der Waals surface area contributed by atoms with Gasteiger partial charge in [-0.05, 0) is 349 Å². The van der Waals surface area contributed by atoms with Gasteiger partial charge < -0.3 is 77.3 Å². The van der Waals surface area contributed by atoms with Crippen LogP contribution < -0.4 is 77.3 Å². The van der Waals surface area contributed by atoms with E-state index in [1.54, 1.807) is 0 Å². The highest BCUT2D eigenvalue weighted by molar-refractivity contribution is 5.51. The number of hydrogen-bond acceptors (Lipinski definition) is 24. The summed E-state index contributed by atoms with van der Waals surface area (Å²) in [7, 11) is 0. The zero-order chi connectivity index (χ0) is 106. The molecule has 7 unspecified atom stereocenters. The first-order valence-corrected chi connectivity index (χ1v) is 60.3. The van der Waals surface area contributed by atoms with E-state index >= 15 is 0 Å². The van der Waals surface area contributed by atoms with Crippen LogP contribution in [0.25, 0.3) is 0 Å². The third-order valence-electron chi connectivity index (χ3n) is 34.0. The van der Waals surface area contributed by atoms with Gasteiger partial charge >= 0.3 is 0 Å². The fourth-order valence-electron chi connectivity index (χ4n) is 28.5. The molecule has 6 aliphatic rings. The molecule has 830 valence electrons. The summed E-state index contributed by atoms with van der Waals surface area (Å²) in [6.45, 7) is 94.2. The molecule has 6 fully saturated rings. The molecule has 3 aromatic heterocycles. The topological polar surface area (TPSA) is 244 Å². The lowest BCUT2D eigenvalue weighted by molar-refractivity contribution is 0.154. The highest BCUT2D eigenvalue weighted by atomic mass is 15.4. The molecule has 0 aromatic carbocycles. The molecule has 0 aliphatic carbocycles. The lowest BCUT2D eigenvalue weighted by Gasteiger charge is -2.51. The van der Waals surface area contributed by atoms with Gasteiger partial charge in [-0.2, -0.15) is 44.9 Å². The Hall–Kier alpha value is -5.01. The molecule has 0 spiro atoms. The Morgan fingerprint density at radius 2 is 0.368 bits per heavy atom. The molecule has 7 atom stereocenters. The van der Waals surface area contributed by atoms with Crippen LogP contribution in [-0.4, -0.2) is 206 Å². The highest BCUT2D eigenvalue weighted by Gasteiger charge is 2.50. The lowest BCUT2D eigenvalue weighted by Crippen LogP contribution is -2.63. The van der Waals surface area contributed by atoms with E-state index in [1.807, 2.05) is 0 Å². The molecule has 0 saturated carbocycles. The molecule has 0 radical (unpaired) electrons. The van der Waals surface area contributed by atoms with Crippen LogP contribution in [0.4, 0.5) is 53.5 Å². The molecule has 9 heterocycles. The van der Waals surface area contributed by atoms with Crippen LogP contribution in [0.1, 0.15) is 513 Å². The summed E-state index contributed by atoms with van der Waals surface area (Å²) in [5.41, 5.74) is -1.11. The quantitative estimate of drug-likeness (QED) is 0.0239. The Bertz CT molecular complexity index is 3880. The van der Waals surface area contributed by atoms with E-state index in [0.717, 1.165) is 229 Å². The van der Waals surface area contributed by atoms with Crippen LogP contribution >= 0.6 is 0 Å². The molecule has 0 amide bonds. The maximum Gasteiger partial charge on any atom is 0.232 e. The lowest BCUT2D eigenvalue weighted by atomic mass is 9.78. The van der Waals surface area contributed by atoms with E-state index in [2.05, 4.69) is 327 Å². The SMILES string of the molecule is CCCCC(CC)CN(c1nc(NCCCCC(CCCNc2nc(N(CC(CC)CCCC)C3CC(C)(C)NC(C)(C)C3)nc(N(CC(CC)CCCC)C3CC(C)(C)NC(C)(C)C3)n2)CNc2nc(N(CC(CC)CCCC)C3CC(C)(C)NC(C)(C)C3)nc(N(CC(CC)CCCC)C3CC(C)(C)NC(C)(C)C3)n2)nc(N(CC(CC)CCCC)C2CC(C)(C)NC(C)(C)C2)n1)C1CC(C)(C)NC(C)(C)C1. The average Bonchev–Trinajstić information content (AvgIpc) is 0.772. The molecule has 6 saturated heterocycles. The number of aromatic nitrogens is 9. The van der Waals surface area contributed by atoms with Gasteiger partial charge in [-0.1, -0.05) is 205 Å². The number of unbranched alkanes of at least 4 members (excludes halogenated alkanes) is 7. The van der Waals surface area contributed by atoms with Crippen molar-refractivity contribution in [3.05, 3.63) is 0 Å². The van der Waals surface area contributed by atoms with Crippen molar-refractivity contribution in [2.24, 2.45) is 41.4 Å². The molecular formula is C120H230N24. The van der Waals surface area contributed by atoms with Gasteiger partial charge in [0.05, 0.1) is 0 Å². The van der Waals surface area contributed by atoms with Crippen molar-refractivity contribution in [1.82, 2.24) is 76.8 Å². The molecule has 144 heavy (non-hydrogen) atoms. The number of hydrogen-bond donors (Lipinski definition) is 9. The molecule has 6 aliphatic heterocycles. The van der Waals surface area contributed by atoms with E-state index in [9.17, 15) is 0 Å². The third-order valence-corrected chi connectivity index (χ3v) is 34.0. The predicted molar refractivity (Wildman–Crippen MR) is 621 cm³/mol. The first kappa shape index (κ1) is 122. The van der Waals surface area contributed by atoms with E-state index in [0.29, 0.717) is 66.4 Å². The van der Waals surface area contributed by atoms with Gasteiger partial charge in [-0.15, -0.1) is 0 Å². The molecule has 24 nitrogen and oxygen atoms in total. The molecule has 9 N–H and O–H groups in total. The van der Waals surface area contributed by atoms with Crippen LogP contribution in [-0.2, 0) is 0 Å². The van der Waals surface area contributed by atoms with Crippen molar-refractivity contribution >= 4 is 53.5 Å². The molecule has 0 bridgehead atoms. The first-order chi connectivity index (χ1) is 67.5. The second kappa shape index (κ2) is 54.0. The number of rotatable bonds is 62. The summed E-state index contributed by atoms with van der Waals surface area (Å²) in [5.74, 6) is 10.3. The molecular weight excluding hydrogens is 1780 g/mol. The average molecular weight is 2010 g/mol. The minimum absolute atomic E-state index is 0.0841. The van der Waals surface area contributed by atoms with Crippen molar-refractivity contribution in [1.29, 1.82) is 0 Å². The summed E-state index contributed by atoms with van der Waals surface area (Å²) >= 11 is 0. The van der Waals surface area contributed by atoms with Gasteiger partial charge in [0.25, 0.3) is 0 Å². The number of nitrogens with zero attached hydrogens (tertiary/aromatic N) is 15. The predicted octanol–water partition coefficient (Wildman–Crippen LogP) is 27.4. The summed E-state index contributed by atoms with van der Waals surface area (Å²) in [4.78, 5) is 69.2. The Morgan fingerprint density at radius 3 is 0.542 bits per heavy atom. The van der Waals surface area contributed by atoms with E-state index in [1.165, 1.54) is 116 Å². The first-order valence-electron chi connectivity index (χ1n) is 60.3. The van der Waals surface area contributed by atoms with E-state index in [-0.39, 0.29) is 109 Å². The zero-order valence-corrected chi connectivity index (χ0v) is 101. The normalized spacial score (nSPS) is 22.3. The number of nitrogens with one attached hydrogen (secondary N) is 9. The van der Waals surface area contributed by atoms with Crippen molar-refractivity contribution in [2.45, 2.75) is 615 Å².